The highest BCUT2D eigenvalue weighted by atomic mass is 32.2. The van der Waals surface area contributed by atoms with Crippen molar-refractivity contribution in [1.82, 2.24) is 10.2 Å². The molecule has 1 atom stereocenters. The normalized spacial score (nSPS) is 23.1. The van der Waals surface area contributed by atoms with Gasteiger partial charge in [0, 0.05) is 18.9 Å². The molecule has 2 fully saturated rings. The number of hydrogen-bond acceptors (Lipinski definition) is 4. The Morgan fingerprint density at radius 2 is 2.22 bits per heavy atom. The van der Waals surface area contributed by atoms with Crippen molar-refractivity contribution >= 4 is 23.8 Å². The van der Waals surface area contributed by atoms with Crippen molar-refractivity contribution in [3.8, 4) is 0 Å². The van der Waals surface area contributed by atoms with E-state index in [9.17, 15) is 9.59 Å². The summed E-state index contributed by atoms with van der Waals surface area (Å²) < 4.78 is 5.39. The maximum atomic E-state index is 11.8. The molecule has 18 heavy (non-hydrogen) atoms. The van der Waals surface area contributed by atoms with E-state index in [0.717, 1.165) is 6.61 Å². The van der Waals surface area contributed by atoms with E-state index >= 15 is 0 Å². The van der Waals surface area contributed by atoms with E-state index in [1.54, 1.807) is 0 Å². The fourth-order valence-corrected chi connectivity index (χ4v) is 2.86. The molecular weight excluding hydrogens is 256 g/mol. The number of nitrogens with zero attached hydrogens (tertiary/aromatic N) is 1. The minimum Gasteiger partial charge on any atom is -0.480 e. The lowest BCUT2D eigenvalue weighted by atomic mass is 10.3. The second kappa shape index (κ2) is 6.29. The molecule has 2 aliphatic rings. The van der Waals surface area contributed by atoms with Crippen LogP contribution in [0.15, 0.2) is 0 Å². The van der Waals surface area contributed by atoms with Crippen molar-refractivity contribution in [2.75, 3.05) is 31.4 Å². The third-order valence-corrected chi connectivity index (χ3v) is 4.01. The number of carbonyl (C=O) groups excluding carboxylic acids is 1. The molecule has 0 aromatic rings. The Bertz CT molecular complexity index is 322. The highest BCUT2D eigenvalue weighted by Gasteiger charge is 2.34. The van der Waals surface area contributed by atoms with Crippen LogP contribution in [0.25, 0.3) is 0 Å². The van der Waals surface area contributed by atoms with Crippen LogP contribution in [0, 0.1) is 5.92 Å². The number of nitrogens with one attached hydrogen (secondary N) is 1. The molecule has 7 heteroatoms. The van der Waals surface area contributed by atoms with Crippen LogP contribution in [-0.4, -0.2) is 59.4 Å². The number of carboxylic acid groups (broad SMARTS) is 1. The summed E-state index contributed by atoms with van der Waals surface area (Å²) in [6, 6.07) is -1.02. The van der Waals surface area contributed by atoms with Gasteiger partial charge in [-0.2, -0.15) is 0 Å². The van der Waals surface area contributed by atoms with Crippen molar-refractivity contribution in [1.29, 1.82) is 0 Å². The molecule has 2 rings (SSSR count). The van der Waals surface area contributed by atoms with Gasteiger partial charge in [-0.3, -0.25) is 0 Å². The Balaban J connectivity index is 1.62. The number of ether oxygens (including phenoxy) is 1. The number of urea groups is 1. The van der Waals surface area contributed by atoms with Gasteiger partial charge in [-0.25, -0.2) is 9.59 Å². The maximum Gasteiger partial charge on any atom is 0.327 e. The molecule has 1 heterocycles. The molecule has 1 aliphatic carbocycles. The fraction of sp³-hybridized carbons (Fsp3) is 0.818. The Hall–Kier alpha value is -0.950. The van der Waals surface area contributed by atoms with Gasteiger partial charge < -0.3 is 20.1 Å². The molecular formula is C11H18N2O4S. The van der Waals surface area contributed by atoms with Crippen molar-refractivity contribution in [2.24, 2.45) is 5.92 Å². The summed E-state index contributed by atoms with van der Waals surface area (Å²) in [5.41, 5.74) is 0. The van der Waals surface area contributed by atoms with E-state index in [4.69, 9.17) is 9.84 Å². The number of amides is 2. The average molecular weight is 274 g/mol. The van der Waals surface area contributed by atoms with Gasteiger partial charge in [0.25, 0.3) is 0 Å². The minimum atomic E-state index is -0.944. The molecule has 6 nitrogen and oxygen atoms in total. The number of rotatable bonds is 6. The Morgan fingerprint density at radius 1 is 1.44 bits per heavy atom. The van der Waals surface area contributed by atoms with E-state index in [-0.39, 0.29) is 6.03 Å². The van der Waals surface area contributed by atoms with Crippen LogP contribution < -0.4 is 5.32 Å². The molecule has 0 aromatic carbocycles. The summed E-state index contributed by atoms with van der Waals surface area (Å²) in [6.07, 6.45) is 2.50. The first kappa shape index (κ1) is 13.5. The number of carbonyl (C=O) groups is 2. The third kappa shape index (κ3) is 3.78. The largest absolute Gasteiger partial charge is 0.480 e. The van der Waals surface area contributed by atoms with Gasteiger partial charge >= 0.3 is 12.0 Å². The van der Waals surface area contributed by atoms with Crippen LogP contribution in [0.3, 0.4) is 0 Å². The molecule has 0 spiro atoms. The maximum absolute atomic E-state index is 11.8. The lowest BCUT2D eigenvalue weighted by molar-refractivity contribution is -0.140. The molecule has 1 aliphatic heterocycles. The van der Waals surface area contributed by atoms with Gasteiger partial charge in [-0.15, -0.1) is 11.8 Å². The summed E-state index contributed by atoms with van der Waals surface area (Å²) in [7, 11) is 0. The molecule has 0 unspecified atom stereocenters. The topological polar surface area (TPSA) is 78.9 Å². The smallest absolute Gasteiger partial charge is 0.327 e. The molecule has 0 aromatic heterocycles. The quantitative estimate of drug-likeness (QED) is 0.693. The molecule has 0 bridgehead atoms. The van der Waals surface area contributed by atoms with E-state index in [2.05, 4.69) is 5.32 Å². The van der Waals surface area contributed by atoms with Gasteiger partial charge in [-0.1, -0.05) is 0 Å². The number of hydrogen-bond donors (Lipinski definition) is 2. The van der Waals surface area contributed by atoms with Crippen molar-refractivity contribution in [3.05, 3.63) is 0 Å². The summed E-state index contributed by atoms with van der Waals surface area (Å²) in [4.78, 5) is 24.0. The van der Waals surface area contributed by atoms with E-state index in [0.29, 0.717) is 30.7 Å². The lowest BCUT2D eigenvalue weighted by Gasteiger charge is -2.20. The summed E-state index contributed by atoms with van der Waals surface area (Å²) in [6.45, 7) is 1.69. The van der Waals surface area contributed by atoms with Crippen LogP contribution in [0.4, 0.5) is 4.79 Å². The van der Waals surface area contributed by atoms with Gasteiger partial charge in [0.1, 0.15) is 6.04 Å². The molecule has 1 saturated heterocycles. The predicted molar refractivity (Wildman–Crippen MR) is 67.5 cm³/mol. The zero-order valence-corrected chi connectivity index (χ0v) is 10.9. The first-order valence-corrected chi connectivity index (χ1v) is 7.26. The zero-order chi connectivity index (χ0) is 13.0. The second-order valence-electron chi connectivity index (χ2n) is 4.57. The second-order valence-corrected chi connectivity index (χ2v) is 5.57. The van der Waals surface area contributed by atoms with E-state index < -0.39 is 12.0 Å². The Labute approximate surface area is 110 Å². The third-order valence-electron chi connectivity index (χ3n) is 3.00. The summed E-state index contributed by atoms with van der Waals surface area (Å²) in [5.74, 6) is 0.666. The fourth-order valence-electron chi connectivity index (χ4n) is 1.71. The van der Waals surface area contributed by atoms with Gasteiger partial charge in [-0.05, 0) is 18.8 Å². The predicted octanol–water partition coefficient (Wildman–Crippen LogP) is 0.582. The Morgan fingerprint density at radius 3 is 2.89 bits per heavy atom. The zero-order valence-electron chi connectivity index (χ0n) is 10.1. The first-order chi connectivity index (χ1) is 8.68. The Kier molecular flexibility index (Phi) is 4.71. The number of thioether (sulfide) groups is 1. The van der Waals surface area contributed by atoms with Crippen LogP contribution in [0.5, 0.6) is 0 Å². The SMILES string of the molecule is O=C(O)[C@@H]1CSCN1C(=O)NCCOCC1CC1. The van der Waals surface area contributed by atoms with Crippen LogP contribution in [-0.2, 0) is 9.53 Å². The van der Waals surface area contributed by atoms with Gasteiger partial charge in [0.15, 0.2) is 0 Å². The van der Waals surface area contributed by atoms with Gasteiger partial charge in [0.2, 0.25) is 0 Å². The average Bonchev–Trinajstić information content (AvgIpc) is 3.02. The van der Waals surface area contributed by atoms with Crippen LogP contribution in [0.1, 0.15) is 12.8 Å². The highest BCUT2D eigenvalue weighted by molar-refractivity contribution is 7.99. The van der Waals surface area contributed by atoms with Crippen LogP contribution in [0.2, 0.25) is 0 Å². The number of carboxylic acids is 1. The van der Waals surface area contributed by atoms with Crippen molar-refractivity contribution < 1.29 is 19.4 Å². The number of aliphatic carboxylic acids is 1. The summed E-state index contributed by atoms with van der Waals surface area (Å²) >= 11 is 1.46. The lowest BCUT2D eigenvalue weighted by Crippen LogP contribution is -2.47. The molecule has 2 N–H and O–H groups in total. The van der Waals surface area contributed by atoms with E-state index in [1.165, 1.54) is 29.5 Å². The van der Waals surface area contributed by atoms with Crippen molar-refractivity contribution in [3.63, 3.8) is 0 Å². The first-order valence-electron chi connectivity index (χ1n) is 6.11. The standard InChI is InChI=1S/C11H18N2O4S/c14-10(15)9-6-18-7-13(9)11(16)12-3-4-17-5-8-1-2-8/h8-9H,1-7H2,(H,12,16)(H,14,15)/t9-/m0/s1. The minimum absolute atomic E-state index is 0.317. The van der Waals surface area contributed by atoms with Crippen molar-refractivity contribution in [2.45, 2.75) is 18.9 Å². The highest BCUT2D eigenvalue weighted by Crippen LogP contribution is 2.28. The van der Waals surface area contributed by atoms with E-state index in [1.807, 2.05) is 0 Å². The molecule has 0 radical (unpaired) electrons. The monoisotopic (exact) mass is 274 g/mol. The molecule has 102 valence electrons. The van der Waals surface area contributed by atoms with Gasteiger partial charge in [0.05, 0.1) is 12.5 Å². The summed E-state index contributed by atoms with van der Waals surface area (Å²) in [5, 5.41) is 11.6. The molecule has 2 amide bonds. The molecule has 1 saturated carbocycles. The van der Waals surface area contributed by atoms with Crippen LogP contribution >= 0.6 is 11.8 Å².